The van der Waals surface area contributed by atoms with Crippen LogP contribution in [-0.2, 0) is 9.53 Å². The van der Waals surface area contributed by atoms with Crippen LogP contribution in [-0.4, -0.2) is 33.6 Å². The molecule has 1 fully saturated rings. The van der Waals surface area contributed by atoms with Gasteiger partial charge in [-0.15, -0.1) is 0 Å². The molecule has 0 bridgehead atoms. The molecule has 198 valence electrons. The van der Waals surface area contributed by atoms with E-state index in [1.807, 2.05) is 74.5 Å². The van der Waals surface area contributed by atoms with Crippen LogP contribution in [0, 0.1) is 13.8 Å². The molecule has 1 aliphatic heterocycles. The molecular formula is C30H29N5O3S. The van der Waals surface area contributed by atoms with Crippen molar-refractivity contribution < 1.29 is 14.3 Å². The Bertz CT molecular complexity index is 1550. The third-order valence-corrected chi connectivity index (χ3v) is 7.22. The molecule has 0 aliphatic carbocycles. The van der Waals surface area contributed by atoms with Crippen LogP contribution in [0.25, 0.3) is 5.69 Å². The van der Waals surface area contributed by atoms with Crippen LogP contribution in [0.1, 0.15) is 52.0 Å². The van der Waals surface area contributed by atoms with Crippen LogP contribution in [0.15, 0.2) is 79.0 Å². The van der Waals surface area contributed by atoms with E-state index < -0.39 is 5.97 Å². The second kappa shape index (κ2) is 10.7. The number of hydrogen-bond donors (Lipinski definition) is 2. The molecule has 2 atom stereocenters. The molecule has 1 aliphatic rings. The van der Waals surface area contributed by atoms with Crippen molar-refractivity contribution >= 4 is 40.6 Å². The first kappa shape index (κ1) is 26.1. The number of nitrogens with zero attached hydrogens (tertiary/aromatic N) is 3. The number of nitrogens with one attached hydrogen (secondary N) is 2. The number of aryl methyl sites for hydroxylation is 1. The molecule has 8 nitrogen and oxygen atoms in total. The summed E-state index contributed by atoms with van der Waals surface area (Å²) in [7, 11) is 1.39. The van der Waals surface area contributed by atoms with E-state index in [4.69, 9.17) is 17.0 Å². The lowest BCUT2D eigenvalue weighted by molar-refractivity contribution is -0.114. The predicted octanol–water partition coefficient (Wildman–Crippen LogP) is 5.41. The number of aromatic nitrogens is 2. The standard InChI is InChI=1S/C30H29N5O3S/c1-18-17-24(19(2)34(18)26-11-6-5-9-23(26)29(37)38-4)28-27(25-10-7-8-16-31-25)33-30(39)35(28)22-14-12-21(13-15-22)32-20(3)36/h5-17,27-28H,1-4H3,(H,32,36)(H,33,39)/t27-,28+/m1/s1. The zero-order valence-corrected chi connectivity index (χ0v) is 23.0. The minimum atomic E-state index is -0.393. The summed E-state index contributed by atoms with van der Waals surface area (Å²) in [6, 6.07) is 22.6. The normalized spacial score (nSPS) is 16.6. The number of esters is 1. The summed E-state index contributed by atoms with van der Waals surface area (Å²) in [5.41, 5.74) is 6.67. The minimum Gasteiger partial charge on any atom is -0.465 e. The van der Waals surface area contributed by atoms with E-state index in [9.17, 15) is 9.59 Å². The van der Waals surface area contributed by atoms with Crippen molar-refractivity contribution in [1.82, 2.24) is 14.9 Å². The third-order valence-electron chi connectivity index (χ3n) is 6.90. The smallest absolute Gasteiger partial charge is 0.339 e. The van der Waals surface area contributed by atoms with Gasteiger partial charge in [0.1, 0.15) is 0 Å². The Kier molecular flexibility index (Phi) is 7.17. The van der Waals surface area contributed by atoms with Crippen molar-refractivity contribution in [1.29, 1.82) is 0 Å². The Balaban J connectivity index is 1.65. The van der Waals surface area contributed by atoms with E-state index in [0.717, 1.165) is 34.0 Å². The molecule has 5 rings (SSSR count). The predicted molar refractivity (Wildman–Crippen MR) is 155 cm³/mol. The summed E-state index contributed by atoms with van der Waals surface area (Å²) in [4.78, 5) is 30.9. The van der Waals surface area contributed by atoms with Gasteiger partial charge < -0.3 is 24.8 Å². The van der Waals surface area contributed by atoms with E-state index in [-0.39, 0.29) is 18.0 Å². The van der Waals surface area contributed by atoms with Gasteiger partial charge in [-0.3, -0.25) is 9.78 Å². The Morgan fingerprint density at radius 3 is 2.41 bits per heavy atom. The number of hydrogen-bond acceptors (Lipinski definition) is 5. The van der Waals surface area contributed by atoms with Gasteiger partial charge in [0, 0.05) is 35.9 Å². The molecule has 0 saturated carbocycles. The van der Waals surface area contributed by atoms with Crippen LogP contribution >= 0.6 is 12.2 Å². The molecular weight excluding hydrogens is 510 g/mol. The van der Waals surface area contributed by atoms with Crippen LogP contribution in [0.5, 0.6) is 0 Å². The summed E-state index contributed by atoms with van der Waals surface area (Å²) in [5.74, 6) is -0.524. The number of ether oxygens (including phenoxy) is 1. The highest BCUT2D eigenvalue weighted by Gasteiger charge is 2.42. The number of rotatable bonds is 6. The first-order valence-corrected chi connectivity index (χ1v) is 13.0. The van der Waals surface area contributed by atoms with Crippen LogP contribution in [0.3, 0.4) is 0 Å². The van der Waals surface area contributed by atoms with E-state index >= 15 is 0 Å². The maximum atomic E-state index is 12.6. The molecule has 4 aromatic rings. The fourth-order valence-corrected chi connectivity index (χ4v) is 5.61. The van der Waals surface area contributed by atoms with Gasteiger partial charge >= 0.3 is 5.97 Å². The molecule has 0 radical (unpaired) electrons. The topological polar surface area (TPSA) is 88.5 Å². The first-order chi connectivity index (χ1) is 18.8. The minimum absolute atomic E-state index is 0.131. The van der Waals surface area contributed by atoms with Crippen molar-refractivity contribution in [3.63, 3.8) is 0 Å². The Morgan fingerprint density at radius 1 is 1.03 bits per heavy atom. The number of pyridine rings is 1. The SMILES string of the molecule is COC(=O)c1ccccc1-n1c(C)cc([C@H]2[C@@H](c3ccccn3)NC(=S)N2c2ccc(NC(C)=O)cc2)c1C. The Labute approximate surface area is 232 Å². The fourth-order valence-electron chi connectivity index (χ4n) is 5.27. The molecule has 1 amide bonds. The monoisotopic (exact) mass is 539 g/mol. The largest absolute Gasteiger partial charge is 0.465 e. The summed E-state index contributed by atoms with van der Waals surface area (Å²) in [6.45, 7) is 5.55. The number of anilines is 2. The molecule has 0 spiro atoms. The molecule has 0 unspecified atom stereocenters. The summed E-state index contributed by atoms with van der Waals surface area (Å²) >= 11 is 5.88. The average molecular weight is 540 g/mol. The highest BCUT2D eigenvalue weighted by atomic mass is 32.1. The zero-order chi connectivity index (χ0) is 27.7. The van der Waals surface area contributed by atoms with Crippen molar-refractivity contribution in [3.05, 3.63) is 107 Å². The van der Waals surface area contributed by atoms with E-state index in [2.05, 4.69) is 31.2 Å². The number of carbonyl (C=O) groups is 2. The van der Waals surface area contributed by atoms with Gasteiger partial charge in [0.25, 0.3) is 0 Å². The fraction of sp³-hybridized carbons (Fsp3) is 0.200. The van der Waals surface area contributed by atoms with Crippen molar-refractivity contribution in [2.75, 3.05) is 17.3 Å². The second-order valence-electron chi connectivity index (χ2n) is 9.40. The van der Waals surface area contributed by atoms with Gasteiger partial charge in [0.05, 0.1) is 36.1 Å². The van der Waals surface area contributed by atoms with Crippen LogP contribution in [0.2, 0.25) is 0 Å². The summed E-state index contributed by atoms with van der Waals surface area (Å²) in [6.07, 6.45) is 1.78. The Hall–Kier alpha value is -4.50. The van der Waals surface area contributed by atoms with Gasteiger partial charge in [0.2, 0.25) is 5.91 Å². The lowest BCUT2D eigenvalue weighted by Gasteiger charge is -2.28. The number of para-hydroxylation sites is 1. The molecule has 39 heavy (non-hydrogen) atoms. The van der Waals surface area contributed by atoms with Crippen LogP contribution in [0.4, 0.5) is 11.4 Å². The highest BCUT2D eigenvalue weighted by Crippen LogP contribution is 2.44. The maximum Gasteiger partial charge on any atom is 0.339 e. The quantitative estimate of drug-likeness (QED) is 0.250. The molecule has 1 saturated heterocycles. The number of carbonyl (C=O) groups excluding carboxylic acids is 2. The van der Waals surface area contributed by atoms with Gasteiger partial charge in [-0.1, -0.05) is 18.2 Å². The summed E-state index contributed by atoms with van der Waals surface area (Å²) in [5, 5.41) is 6.87. The molecule has 2 aromatic heterocycles. The van der Waals surface area contributed by atoms with Crippen molar-refractivity contribution in [3.8, 4) is 5.69 Å². The summed E-state index contributed by atoms with van der Waals surface area (Å²) < 4.78 is 7.14. The van der Waals surface area contributed by atoms with E-state index in [1.165, 1.54) is 14.0 Å². The van der Waals surface area contributed by atoms with Crippen molar-refractivity contribution in [2.45, 2.75) is 32.9 Å². The third kappa shape index (κ3) is 4.88. The van der Waals surface area contributed by atoms with E-state index in [1.54, 1.807) is 12.3 Å². The number of benzene rings is 2. The lowest BCUT2D eigenvalue weighted by atomic mass is 9.96. The highest BCUT2D eigenvalue weighted by molar-refractivity contribution is 7.80. The molecule has 2 N–H and O–H groups in total. The van der Waals surface area contributed by atoms with Gasteiger partial charge in [-0.05, 0) is 86.2 Å². The van der Waals surface area contributed by atoms with Crippen molar-refractivity contribution in [2.24, 2.45) is 0 Å². The average Bonchev–Trinajstić information content (AvgIpc) is 3.43. The number of thiocarbonyl (C=S) groups is 1. The number of amides is 1. The van der Waals surface area contributed by atoms with Gasteiger partial charge in [-0.25, -0.2) is 4.79 Å². The van der Waals surface area contributed by atoms with Crippen LogP contribution < -0.4 is 15.5 Å². The maximum absolute atomic E-state index is 12.6. The number of methoxy groups -OCH3 is 1. The van der Waals surface area contributed by atoms with Gasteiger partial charge in [0.15, 0.2) is 5.11 Å². The first-order valence-electron chi connectivity index (χ1n) is 12.5. The molecule has 2 aromatic carbocycles. The zero-order valence-electron chi connectivity index (χ0n) is 22.1. The molecule has 9 heteroatoms. The van der Waals surface area contributed by atoms with E-state index in [0.29, 0.717) is 16.4 Å². The Morgan fingerprint density at radius 2 is 1.74 bits per heavy atom. The second-order valence-corrected chi connectivity index (χ2v) is 9.78. The lowest BCUT2D eigenvalue weighted by Crippen LogP contribution is -2.29. The molecule has 3 heterocycles. The van der Waals surface area contributed by atoms with Gasteiger partial charge in [-0.2, -0.15) is 0 Å².